The first kappa shape index (κ1) is 17.8. The number of nitrogens with one attached hydrogen (secondary N) is 1. The second-order valence-electron chi connectivity index (χ2n) is 6.10. The van der Waals surface area contributed by atoms with Gasteiger partial charge in [-0.05, 0) is 29.8 Å². The Balaban J connectivity index is 1.88. The van der Waals surface area contributed by atoms with E-state index in [-0.39, 0.29) is 0 Å². The van der Waals surface area contributed by atoms with Gasteiger partial charge in [-0.3, -0.25) is 4.90 Å². The van der Waals surface area contributed by atoms with Crippen LogP contribution in [0.15, 0.2) is 54.6 Å². The van der Waals surface area contributed by atoms with Crippen molar-refractivity contribution < 1.29 is 18.6 Å². The maximum absolute atomic E-state index is 14.5. The van der Waals surface area contributed by atoms with E-state index in [0.717, 1.165) is 0 Å². The number of halogens is 2. The lowest BCUT2D eigenvalue weighted by Gasteiger charge is -2.38. The number of nitrogens with zero attached hydrogens (tertiary/aromatic N) is 1. The molecule has 2 aromatic rings. The van der Waals surface area contributed by atoms with E-state index in [1.807, 2.05) is 30.3 Å². The summed E-state index contributed by atoms with van der Waals surface area (Å²) in [6.07, 6.45) is 0. The average Bonchev–Trinajstić information content (AvgIpc) is 2.64. The summed E-state index contributed by atoms with van der Waals surface area (Å²) >= 11 is 0. The van der Waals surface area contributed by atoms with E-state index in [1.54, 1.807) is 29.2 Å². The van der Waals surface area contributed by atoms with Crippen LogP contribution in [0.5, 0.6) is 11.5 Å². The first-order valence-electron chi connectivity index (χ1n) is 8.36. The van der Waals surface area contributed by atoms with Crippen LogP contribution in [0.25, 0.3) is 0 Å². The molecule has 134 valence electrons. The number of benzene rings is 2. The molecule has 1 saturated heterocycles. The quantitative estimate of drug-likeness (QED) is 0.842. The summed E-state index contributed by atoms with van der Waals surface area (Å²) in [7, 11) is 0. The lowest BCUT2D eigenvalue weighted by atomic mass is 9.98. The van der Waals surface area contributed by atoms with E-state index in [2.05, 4.69) is 5.32 Å². The van der Waals surface area contributed by atoms with Crippen molar-refractivity contribution >= 4 is 0 Å². The number of piperazine rings is 1. The Morgan fingerprint density at radius 3 is 2.40 bits per heavy atom. The molecule has 2 aromatic carbocycles. The average molecular weight is 348 g/mol. The van der Waals surface area contributed by atoms with Crippen LogP contribution >= 0.6 is 0 Å². The largest absolute Gasteiger partial charge is 0.457 e. The van der Waals surface area contributed by atoms with Crippen LogP contribution < -0.4 is 10.1 Å². The first-order chi connectivity index (χ1) is 12.1. The molecular weight excluding hydrogens is 326 g/mol. The van der Waals surface area contributed by atoms with Gasteiger partial charge in [-0.15, -0.1) is 0 Å². The summed E-state index contributed by atoms with van der Waals surface area (Å²) in [4.78, 5) is 1.72. The minimum absolute atomic E-state index is 0.439. The maximum Gasteiger partial charge on any atom is 0.289 e. The number of hydrogen-bond acceptors (Lipinski definition) is 4. The lowest BCUT2D eigenvalue weighted by molar-refractivity contribution is -0.118. The van der Waals surface area contributed by atoms with Crippen molar-refractivity contribution in [1.29, 1.82) is 0 Å². The third-order valence-corrected chi connectivity index (χ3v) is 4.28. The zero-order chi connectivity index (χ0) is 17.7. The fourth-order valence-electron chi connectivity index (χ4n) is 3.12. The molecule has 6 heteroatoms. The predicted octanol–water partition coefficient (Wildman–Crippen LogP) is 3.05. The van der Waals surface area contributed by atoms with E-state index < -0.39 is 18.6 Å². The van der Waals surface area contributed by atoms with E-state index >= 15 is 0 Å². The highest BCUT2D eigenvalue weighted by Gasteiger charge is 2.44. The summed E-state index contributed by atoms with van der Waals surface area (Å²) in [5.74, 6) is -2.09. The minimum atomic E-state index is -3.23. The van der Waals surface area contributed by atoms with Gasteiger partial charge >= 0.3 is 0 Å². The van der Waals surface area contributed by atoms with Crippen LogP contribution in [0.2, 0.25) is 0 Å². The molecular formula is C19H22F2N2O2. The lowest BCUT2D eigenvalue weighted by Crippen LogP contribution is -2.51. The van der Waals surface area contributed by atoms with Crippen molar-refractivity contribution in [2.75, 3.05) is 32.8 Å². The van der Waals surface area contributed by atoms with Crippen LogP contribution in [0.3, 0.4) is 0 Å². The van der Waals surface area contributed by atoms with Crippen molar-refractivity contribution in [1.82, 2.24) is 10.2 Å². The van der Waals surface area contributed by atoms with Gasteiger partial charge in [-0.25, -0.2) is 8.78 Å². The van der Waals surface area contributed by atoms with Crippen LogP contribution in [-0.2, 0) is 0 Å². The highest BCUT2D eigenvalue weighted by Crippen LogP contribution is 2.38. The van der Waals surface area contributed by atoms with Gasteiger partial charge in [0.2, 0.25) is 0 Å². The second kappa shape index (κ2) is 7.91. The van der Waals surface area contributed by atoms with Crippen LogP contribution in [-0.4, -0.2) is 48.7 Å². The highest BCUT2D eigenvalue weighted by atomic mass is 19.3. The molecule has 0 aromatic heterocycles. The number of aliphatic hydroxyl groups is 1. The minimum Gasteiger partial charge on any atom is -0.457 e. The standard InChI is InChI=1S/C19H22F2N2O2/c20-19(21,14-24)18(23-11-9-22-10-12-23)15-5-4-8-17(13-15)25-16-6-2-1-3-7-16/h1-8,13,18,22,24H,9-12,14H2/t18-/m0/s1. The fourth-order valence-corrected chi connectivity index (χ4v) is 3.12. The summed E-state index contributed by atoms with van der Waals surface area (Å²) in [6.45, 7) is 1.12. The Bertz CT molecular complexity index is 676. The smallest absolute Gasteiger partial charge is 0.289 e. The molecule has 1 atom stereocenters. The van der Waals surface area contributed by atoms with Gasteiger partial charge in [0, 0.05) is 26.2 Å². The summed E-state index contributed by atoms with van der Waals surface area (Å²) < 4.78 is 34.8. The second-order valence-corrected chi connectivity index (χ2v) is 6.10. The van der Waals surface area contributed by atoms with E-state index in [1.165, 1.54) is 0 Å². The zero-order valence-corrected chi connectivity index (χ0v) is 13.9. The van der Waals surface area contributed by atoms with Crippen molar-refractivity contribution in [3.63, 3.8) is 0 Å². The number of rotatable bonds is 6. The topological polar surface area (TPSA) is 44.7 Å². The third kappa shape index (κ3) is 4.34. The molecule has 2 N–H and O–H groups in total. The highest BCUT2D eigenvalue weighted by molar-refractivity contribution is 5.36. The van der Waals surface area contributed by atoms with E-state index in [9.17, 15) is 13.9 Å². The van der Waals surface area contributed by atoms with Gasteiger partial charge in [-0.2, -0.15) is 0 Å². The summed E-state index contributed by atoms with van der Waals surface area (Å²) in [5, 5.41) is 12.4. The van der Waals surface area contributed by atoms with Crippen LogP contribution in [0.1, 0.15) is 11.6 Å². The molecule has 3 rings (SSSR count). The van der Waals surface area contributed by atoms with Gasteiger partial charge in [0.1, 0.15) is 24.1 Å². The maximum atomic E-state index is 14.5. The molecule has 1 aliphatic heterocycles. The Morgan fingerprint density at radius 2 is 1.72 bits per heavy atom. The number of hydrogen-bond donors (Lipinski definition) is 2. The molecule has 0 aliphatic carbocycles. The molecule has 1 heterocycles. The summed E-state index contributed by atoms with van der Waals surface area (Å²) in [5.41, 5.74) is 0.439. The zero-order valence-electron chi connectivity index (χ0n) is 13.9. The Morgan fingerprint density at radius 1 is 1.04 bits per heavy atom. The molecule has 25 heavy (non-hydrogen) atoms. The van der Waals surface area contributed by atoms with Crippen molar-refractivity contribution in [2.24, 2.45) is 0 Å². The Labute approximate surface area is 146 Å². The van der Waals surface area contributed by atoms with Crippen LogP contribution in [0, 0.1) is 0 Å². The Hall–Kier alpha value is -2.02. The van der Waals surface area contributed by atoms with Crippen molar-refractivity contribution in [2.45, 2.75) is 12.0 Å². The predicted molar refractivity (Wildman–Crippen MR) is 92.2 cm³/mol. The molecule has 4 nitrogen and oxygen atoms in total. The number of alkyl halides is 2. The number of para-hydroxylation sites is 1. The van der Waals surface area contributed by atoms with Crippen molar-refractivity contribution in [3.05, 3.63) is 60.2 Å². The van der Waals surface area contributed by atoms with Gasteiger partial charge in [0.15, 0.2) is 0 Å². The molecule has 0 radical (unpaired) electrons. The van der Waals surface area contributed by atoms with Gasteiger partial charge in [0.25, 0.3) is 5.92 Å². The number of aliphatic hydroxyl groups excluding tert-OH is 1. The van der Waals surface area contributed by atoms with Crippen molar-refractivity contribution in [3.8, 4) is 11.5 Å². The molecule has 1 aliphatic rings. The molecule has 0 amide bonds. The first-order valence-corrected chi connectivity index (χ1v) is 8.36. The monoisotopic (exact) mass is 348 g/mol. The van der Waals surface area contributed by atoms with Crippen LogP contribution in [0.4, 0.5) is 8.78 Å². The van der Waals surface area contributed by atoms with E-state index in [4.69, 9.17) is 4.74 Å². The Kier molecular flexibility index (Phi) is 5.63. The molecule has 0 bridgehead atoms. The number of ether oxygens (including phenoxy) is 1. The SMILES string of the molecule is OCC(F)(F)[C@H](c1cccc(Oc2ccccc2)c1)N1CCNCC1. The third-order valence-electron chi connectivity index (χ3n) is 4.28. The fraction of sp³-hybridized carbons (Fsp3) is 0.368. The van der Waals surface area contributed by atoms with Gasteiger partial charge < -0.3 is 15.2 Å². The summed E-state index contributed by atoms with van der Waals surface area (Å²) in [6, 6.07) is 14.7. The molecule has 0 spiro atoms. The normalized spacial score (nSPS) is 17.2. The molecule has 0 unspecified atom stereocenters. The molecule has 1 fully saturated rings. The van der Waals surface area contributed by atoms with E-state index in [0.29, 0.717) is 43.2 Å². The van der Waals surface area contributed by atoms with Gasteiger partial charge in [0.05, 0.1) is 0 Å². The van der Waals surface area contributed by atoms with Gasteiger partial charge in [-0.1, -0.05) is 30.3 Å². The molecule has 0 saturated carbocycles.